The van der Waals surface area contributed by atoms with Crippen molar-refractivity contribution in [1.82, 2.24) is 0 Å². The lowest BCUT2D eigenvalue weighted by Gasteiger charge is -2.13. The van der Waals surface area contributed by atoms with E-state index in [4.69, 9.17) is 5.73 Å². The highest BCUT2D eigenvalue weighted by Crippen LogP contribution is 2.03. The standard InChI is InChI=1S/C12H15N/c1-3-12(2,13)10-9-11-7-5-4-6-8-11/h4-8H,3,13H2,1-2H3. The Morgan fingerprint density at radius 1 is 1.31 bits per heavy atom. The van der Waals surface area contributed by atoms with Gasteiger partial charge in [-0.2, -0.15) is 0 Å². The first-order chi connectivity index (χ1) is 6.14. The molecule has 1 heteroatoms. The second-order valence-electron chi connectivity index (χ2n) is 3.39. The molecular formula is C12H15N. The predicted octanol–water partition coefficient (Wildman–Crippen LogP) is 2.17. The third kappa shape index (κ3) is 3.31. The van der Waals surface area contributed by atoms with E-state index < -0.39 is 0 Å². The van der Waals surface area contributed by atoms with Gasteiger partial charge < -0.3 is 5.73 Å². The first-order valence-corrected chi connectivity index (χ1v) is 4.51. The molecule has 0 heterocycles. The molecule has 1 rings (SSSR count). The summed E-state index contributed by atoms with van der Waals surface area (Å²) < 4.78 is 0. The Hall–Kier alpha value is -1.26. The molecule has 0 radical (unpaired) electrons. The van der Waals surface area contributed by atoms with E-state index in [0.717, 1.165) is 12.0 Å². The van der Waals surface area contributed by atoms with E-state index in [1.807, 2.05) is 44.2 Å². The van der Waals surface area contributed by atoms with E-state index in [1.165, 1.54) is 0 Å². The van der Waals surface area contributed by atoms with Crippen LogP contribution in [0.5, 0.6) is 0 Å². The first kappa shape index (κ1) is 9.83. The van der Waals surface area contributed by atoms with Crippen molar-refractivity contribution in [3.05, 3.63) is 35.9 Å². The zero-order valence-electron chi connectivity index (χ0n) is 8.17. The Bertz CT molecular complexity index is 314. The van der Waals surface area contributed by atoms with Crippen LogP contribution in [0.4, 0.5) is 0 Å². The number of benzene rings is 1. The van der Waals surface area contributed by atoms with Gasteiger partial charge in [-0.25, -0.2) is 0 Å². The minimum Gasteiger partial charge on any atom is -0.315 e. The molecule has 1 atom stereocenters. The SMILES string of the molecule is CCC(C)(N)C#Cc1ccccc1. The van der Waals surface area contributed by atoms with Crippen molar-refractivity contribution in [2.75, 3.05) is 0 Å². The van der Waals surface area contributed by atoms with Crippen LogP contribution in [0.1, 0.15) is 25.8 Å². The molecule has 0 aliphatic heterocycles. The van der Waals surface area contributed by atoms with Crippen LogP contribution in [-0.2, 0) is 0 Å². The molecule has 1 nitrogen and oxygen atoms in total. The van der Waals surface area contributed by atoms with Crippen LogP contribution >= 0.6 is 0 Å². The van der Waals surface area contributed by atoms with E-state index in [0.29, 0.717) is 0 Å². The molecule has 0 fully saturated rings. The van der Waals surface area contributed by atoms with Gasteiger partial charge in [0.1, 0.15) is 0 Å². The molecular weight excluding hydrogens is 158 g/mol. The molecule has 0 aromatic heterocycles. The molecule has 1 aromatic rings. The van der Waals surface area contributed by atoms with Gasteiger partial charge in [0.05, 0.1) is 5.54 Å². The third-order valence-electron chi connectivity index (χ3n) is 2.00. The maximum Gasteiger partial charge on any atom is 0.0748 e. The van der Waals surface area contributed by atoms with Gasteiger partial charge in [0, 0.05) is 5.56 Å². The molecule has 0 saturated carbocycles. The van der Waals surface area contributed by atoms with Gasteiger partial charge in [0.15, 0.2) is 0 Å². The molecule has 0 saturated heterocycles. The summed E-state index contributed by atoms with van der Waals surface area (Å²) in [5.41, 5.74) is 6.55. The molecule has 1 unspecified atom stereocenters. The minimum absolute atomic E-state index is 0.365. The monoisotopic (exact) mass is 173 g/mol. The van der Waals surface area contributed by atoms with Crippen molar-refractivity contribution in [2.24, 2.45) is 5.73 Å². The molecule has 0 amide bonds. The van der Waals surface area contributed by atoms with Crippen molar-refractivity contribution in [1.29, 1.82) is 0 Å². The molecule has 2 N–H and O–H groups in total. The van der Waals surface area contributed by atoms with Gasteiger partial charge >= 0.3 is 0 Å². The van der Waals surface area contributed by atoms with E-state index >= 15 is 0 Å². The summed E-state index contributed by atoms with van der Waals surface area (Å²) >= 11 is 0. The minimum atomic E-state index is -0.365. The first-order valence-electron chi connectivity index (χ1n) is 4.51. The summed E-state index contributed by atoms with van der Waals surface area (Å²) in [5.74, 6) is 6.11. The van der Waals surface area contributed by atoms with Crippen LogP contribution in [-0.4, -0.2) is 5.54 Å². The summed E-state index contributed by atoms with van der Waals surface area (Å²) in [6.07, 6.45) is 0.868. The van der Waals surface area contributed by atoms with Gasteiger partial charge in [-0.1, -0.05) is 37.0 Å². The van der Waals surface area contributed by atoms with E-state index in [-0.39, 0.29) is 5.54 Å². The van der Waals surface area contributed by atoms with Gasteiger partial charge in [-0.05, 0) is 25.5 Å². The Balaban J connectivity index is 2.79. The molecule has 0 aliphatic carbocycles. The van der Waals surface area contributed by atoms with Gasteiger partial charge in [-0.15, -0.1) is 0 Å². The quantitative estimate of drug-likeness (QED) is 0.647. The molecule has 0 spiro atoms. The van der Waals surface area contributed by atoms with Crippen molar-refractivity contribution in [3.8, 4) is 11.8 Å². The fraction of sp³-hybridized carbons (Fsp3) is 0.333. The van der Waals surface area contributed by atoms with Crippen molar-refractivity contribution in [2.45, 2.75) is 25.8 Å². The maximum absolute atomic E-state index is 5.89. The summed E-state index contributed by atoms with van der Waals surface area (Å²) in [6, 6.07) is 9.90. The van der Waals surface area contributed by atoms with Crippen molar-refractivity contribution in [3.63, 3.8) is 0 Å². The lowest BCUT2D eigenvalue weighted by molar-refractivity contribution is 0.586. The van der Waals surface area contributed by atoms with Crippen LogP contribution in [0.2, 0.25) is 0 Å². The van der Waals surface area contributed by atoms with Crippen LogP contribution in [0.3, 0.4) is 0 Å². The van der Waals surface area contributed by atoms with Crippen molar-refractivity contribution < 1.29 is 0 Å². The van der Waals surface area contributed by atoms with Gasteiger partial charge in [-0.3, -0.25) is 0 Å². The highest BCUT2D eigenvalue weighted by atomic mass is 14.7. The van der Waals surface area contributed by atoms with Gasteiger partial charge in [0.2, 0.25) is 0 Å². The number of rotatable bonds is 1. The molecule has 1 aromatic carbocycles. The summed E-state index contributed by atoms with van der Waals surface area (Å²) in [7, 11) is 0. The second-order valence-corrected chi connectivity index (χ2v) is 3.39. The molecule has 0 bridgehead atoms. The fourth-order valence-electron chi connectivity index (χ4n) is 0.825. The Morgan fingerprint density at radius 3 is 2.46 bits per heavy atom. The number of nitrogens with two attached hydrogens (primary N) is 1. The van der Waals surface area contributed by atoms with Crippen LogP contribution in [0.25, 0.3) is 0 Å². The highest BCUT2D eigenvalue weighted by molar-refractivity contribution is 5.36. The van der Waals surface area contributed by atoms with Crippen LogP contribution in [0, 0.1) is 11.8 Å². The zero-order chi connectivity index (χ0) is 9.73. The third-order valence-corrected chi connectivity index (χ3v) is 2.00. The summed E-state index contributed by atoms with van der Waals surface area (Å²) in [4.78, 5) is 0. The van der Waals surface area contributed by atoms with Crippen molar-refractivity contribution >= 4 is 0 Å². The summed E-state index contributed by atoms with van der Waals surface area (Å²) in [6.45, 7) is 3.99. The van der Waals surface area contributed by atoms with E-state index in [9.17, 15) is 0 Å². The average molecular weight is 173 g/mol. The largest absolute Gasteiger partial charge is 0.315 e. The maximum atomic E-state index is 5.89. The fourth-order valence-corrected chi connectivity index (χ4v) is 0.825. The van der Waals surface area contributed by atoms with E-state index in [2.05, 4.69) is 11.8 Å². The summed E-state index contributed by atoms with van der Waals surface area (Å²) in [5, 5.41) is 0. The van der Waals surface area contributed by atoms with Gasteiger partial charge in [0.25, 0.3) is 0 Å². The average Bonchev–Trinajstić information content (AvgIpc) is 2.17. The predicted molar refractivity (Wildman–Crippen MR) is 56.2 cm³/mol. The smallest absolute Gasteiger partial charge is 0.0748 e. The Morgan fingerprint density at radius 2 is 1.92 bits per heavy atom. The molecule has 0 aliphatic rings. The second kappa shape index (κ2) is 4.11. The lowest BCUT2D eigenvalue weighted by Crippen LogP contribution is -2.32. The number of hydrogen-bond donors (Lipinski definition) is 1. The topological polar surface area (TPSA) is 26.0 Å². The molecule has 68 valence electrons. The molecule has 13 heavy (non-hydrogen) atoms. The van der Waals surface area contributed by atoms with E-state index in [1.54, 1.807) is 0 Å². The normalized spacial score (nSPS) is 14.1. The lowest BCUT2D eigenvalue weighted by atomic mass is 10.0. The highest BCUT2D eigenvalue weighted by Gasteiger charge is 2.09. The zero-order valence-corrected chi connectivity index (χ0v) is 8.17. The van der Waals surface area contributed by atoms with Crippen LogP contribution < -0.4 is 5.73 Å². The van der Waals surface area contributed by atoms with Crippen LogP contribution in [0.15, 0.2) is 30.3 Å². The Kier molecular flexibility index (Phi) is 3.11. The number of hydrogen-bond acceptors (Lipinski definition) is 1. The Labute approximate surface area is 80.0 Å².